The van der Waals surface area contributed by atoms with E-state index in [1.165, 1.54) is 12.8 Å². The molecule has 4 heterocycles. The summed E-state index contributed by atoms with van der Waals surface area (Å²) in [5.74, 6) is 1.51. The van der Waals surface area contributed by atoms with Crippen LogP contribution < -0.4 is 0 Å². The van der Waals surface area contributed by atoms with Crippen molar-refractivity contribution >= 4 is 5.91 Å². The Labute approximate surface area is 139 Å². The van der Waals surface area contributed by atoms with Crippen molar-refractivity contribution in [3.63, 3.8) is 0 Å². The number of nitrogens with zero attached hydrogens (tertiary/aromatic N) is 4. The van der Waals surface area contributed by atoms with Crippen molar-refractivity contribution in [1.29, 1.82) is 0 Å². The van der Waals surface area contributed by atoms with Crippen molar-refractivity contribution in [3.05, 3.63) is 52.9 Å². The van der Waals surface area contributed by atoms with Crippen LogP contribution in [0.3, 0.4) is 0 Å². The van der Waals surface area contributed by atoms with Crippen molar-refractivity contribution in [2.45, 2.75) is 37.9 Å². The average Bonchev–Trinajstić information content (AvgIpc) is 3.33. The number of fused-ring (bicyclic) bond motifs is 2. The molecule has 0 unspecified atom stereocenters. The number of amides is 1. The van der Waals surface area contributed by atoms with E-state index in [9.17, 15) is 4.79 Å². The average molecular weight is 322 g/mol. The second kappa shape index (κ2) is 4.83. The third-order valence-corrected chi connectivity index (χ3v) is 5.25. The minimum Gasteiger partial charge on any atom is -0.360 e. The maximum absolute atomic E-state index is 12.7. The van der Waals surface area contributed by atoms with Gasteiger partial charge in [-0.1, -0.05) is 0 Å². The first kappa shape index (κ1) is 14.0. The molecule has 0 radical (unpaired) electrons. The van der Waals surface area contributed by atoms with E-state index >= 15 is 0 Å². The van der Waals surface area contributed by atoms with Crippen LogP contribution in [0, 0.1) is 6.92 Å². The molecule has 6 nitrogen and oxygen atoms in total. The Balaban J connectivity index is 1.37. The molecule has 24 heavy (non-hydrogen) atoms. The fraction of sp³-hybridized carbons (Fsp3) is 0.444. The van der Waals surface area contributed by atoms with Crippen molar-refractivity contribution in [2.24, 2.45) is 0 Å². The first-order valence-corrected chi connectivity index (χ1v) is 8.36. The largest absolute Gasteiger partial charge is 0.360 e. The van der Waals surface area contributed by atoms with Gasteiger partial charge in [0.2, 0.25) is 0 Å². The number of aromatic nitrogens is 3. The highest BCUT2D eigenvalue weighted by Gasteiger charge is 2.53. The molecule has 2 aromatic heterocycles. The minimum atomic E-state index is -0.414. The summed E-state index contributed by atoms with van der Waals surface area (Å²) in [6, 6.07) is 1.86. The molecule has 122 valence electrons. The lowest BCUT2D eigenvalue weighted by Crippen LogP contribution is -2.61. The molecule has 1 spiro atoms. The summed E-state index contributed by atoms with van der Waals surface area (Å²) in [7, 11) is 0. The monoisotopic (exact) mass is 322 g/mol. The number of likely N-dealkylation sites (tertiary alicyclic amines) is 1. The standard InChI is InChI=1S/C18H18N4O2/c1-11-4-5-19-6-13(11)17(23)22-9-18(10-22)14-7-20-16(12-2-3-12)21-15(14)8-24-18/h4-7,12H,2-3,8-10H2,1H3. The zero-order chi connectivity index (χ0) is 16.3. The van der Waals surface area contributed by atoms with Crippen LogP contribution in [0.1, 0.15) is 51.8 Å². The van der Waals surface area contributed by atoms with Crippen LogP contribution in [0.5, 0.6) is 0 Å². The van der Waals surface area contributed by atoms with Gasteiger partial charge in [0.1, 0.15) is 11.4 Å². The van der Waals surface area contributed by atoms with Gasteiger partial charge in [-0.25, -0.2) is 9.97 Å². The second-order valence-electron chi connectivity index (χ2n) is 7.00. The Bertz CT molecular complexity index is 841. The summed E-state index contributed by atoms with van der Waals surface area (Å²) < 4.78 is 6.04. The number of hydrogen-bond donors (Lipinski definition) is 0. The number of pyridine rings is 1. The molecule has 0 atom stereocenters. The lowest BCUT2D eigenvalue weighted by atomic mass is 9.87. The van der Waals surface area contributed by atoms with Crippen LogP contribution in [-0.4, -0.2) is 38.8 Å². The van der Waals surface area contributed by atoms with Crippen molar-refractivity contribution in [1.82, 2.24) is 19.9 Å². The van der Waals surface area contributed by atoms with E-state index < -0.39 is 5.60 Å². The van der Waals surface area contributed by atoms with Crippen molar-refractivity contribution in [3.8, 4) is 0 Å². The predicted molar refractivity (Wildman–Crippen MR) is 85.4 cm³/mol. The van der Waals surface area contributed by atoms with E-state index in [2.05, 4.69) is 15.0 Å². The maximum atomic E-state index is 12.7. The normalized spacial score (nSPS) is 20.8. The van der Waals surface area contributed by atoms with Gasteiger partial charge in [0.25, 0.3) is 5.91 Å². The third-order valence-electron chi connectivity index (χ3n) is 5.25. The van der Waals surface area contributed by atoms with Gasteiger partial charge >= 0.3 is 0 Å². The molecular weight excluding hydrogens is 304 g/mol. The zero-order valence-corrected chi connectivity index (χ0v) is 13.5. The molecule has 6 heteroatoms. The van der Waals surface area contributed by atoms with Gasteiger partial charge in [-0.15, -0.1) is 0 Å². The van der Waals surface area contributed by atoms with Gasteiger partial charge in [0.05, 0.1) is 31.0 Å². The van der Waals surface area contributed by atoms with Crippen LogP contribution >= 0.6 is 0 Å². The van der Waals surface area contributed by atoms with Crippen LogP contribution in [0.4, 0.5) is 0 Å². The first-order chi connectivity index (χ1) is 11.7. The van der Waals surface area contributed by atoms with E-state index in [0.717, 1.165) is 22.6 Å². The van der Waals surface area contributed by atoms with E-state index in [4.69, 9.17) is 4.74 Å². The Morgan fingerprint density at radius 3 is 2.92 bits per heavy atom. The highest BCUT2D eigenvalue weighted by Crippen LogP contribution is 2.44. The SMILES string of the molecule is Cc1ccncc1C(=O)N1CC2(C1)OCc1nc(C3CC3)ncc12. The van der Waals surface area contributed by atoms with Crippen LogP contribution in [0.25, 0.3) is 0 Å². The van der Waals surface area contributed by atoms with E-state index in [1.54, 1.807) is 12.4 Å². The van der Waals surface area contributed by atoms with Crippen LogP contribution in [-0.2, 0) is 16.9 Å². The molecule has 0 N–H and O–H groups in total. The van der Waals surface area contributed by atoms with Crippen LogP contribution in [0.15, 0.2) is 24.7 Å². The smallest absolute Gasteiger partial charge is 0.255 e. The first-order valence-electron chi connectivity index (χ1n) is 8.36. The van der Waals surface area contributed by atoms with Gasteiger partial charge < -0.3 is 9.64 Å². The number of carbonyl (C=O) groups excluding carboxylic acids is 1. The molecule has 1 saturated carbocycles. The predicted octanol–water partition coefficient (Wildman–Crippen LogP) is 1.94. The number of hydrogen-bond acceptors (Lipinski definition) is 5. The molecule has 1 amide bonds. The second-order valence-corrected chi connectivity index (χ2v) is 7.00. The quantitative estimate of drug-likeness (QED) is 0.845. The van der Waals surface area contributed by atoms with Gasteiger partial charge in [0.15, 0.2) is 0 Å². The van der Waals surface area contributed by atoms with Gasteiger partial charge in [-0.05, 0) is 31.4 Å². The van der Waals surface area contributed by atoms with Gasteiger partial charge in [-0.2, -0.15) is 0 Å². The lowest BCUT2D eigenvalue weighted by Gasteiger charge is -2.47. The highest BCUT2D eigenvalue weighted by atomic mass is 16.5. The Kier molecular flexibility index (Phi) is 2.83. The Morgan fingerprint density at radius 1 is 1.33 bits per heavy atom. The molecule has 2 aromatic rings. The molecule has 5 rings (SSSR count). The van der Waals surface area contributed by atoms with Crippen LogP contribution in [0.2, 0.25) is 0 Å². The molecule has 0 aromatic carbocycles. The summed E-state index contributed by atoms with van der Waals surface area (Å²) in [6.07, 6.45) is 7.64. The Morgan fingerprint density at radius 2 is 2.17 bits per heavy atom. The molecular formula is C18H18N4O2. The van der Waals surface area contributed by atoms with Gasteiger partial charge in [0, 0.05) is 30.1 Å². The number of rotatable bonds is 2. The minimum absolute atomic E-state index is 0.0128. The van der Waals surface area contributed by atoms with Crippen molar-refractivity contribution in [2.75, 3.05) is 13.1 Å². The molecule has 2 fully saturated rings. The number of carbonyl (C=O) groups is 1. The third kappa shape index (κ3) is 1.99. The summed E-state index contributed by atoms with van der Waals surface area (Å²) in [5.41, 5.74) is 3.24. The fourth-order valence-electron chi connectivity index (χ4n) is 3.58. The highest BCUT2D eigenvalue weighted by molar-refractivity contribution is 5.96. The molecule has 3 aliphatic rings. The topological polar surface area (TPSA) is 68.2 Å². The molecule has 2 aliphatic heterocycles. The molecule has 1 saturated heterocycles. The maximum Gasteiger partial charge on any atom is 0.255 e. The Hall–Kier alpha value is -2.34. The molecule has 0 bridgehead atoms. The summed E-state index contributed by atoms with van der Waals surface area (Å²) in [4.78, 5) is 27.7. The summed E-state index contributed by atoms with van der Waals surface area (Å²) in [5, 5.41) is 0. The van der Waals surface area contributed by atoms with Crippen molar-refractivity contribution < 1.29 is 9.53 Å². The fourth-order valence-corrected chi connectivity index (χ4v) is 3.58. The van der Waals surface area contributed by atoms with Gasteiger partial charge in [-0.3, -0.25) is 9.78 Å². The zero-order valence-electron chi connectivity index (χ0n) is 13.5. The molecule has 1 aliphatic carbocycles. The number of aryl methyl sites for hydroxylation is 1. The summed E-state index contributed by atoms with van der Waals surface area (Å²) >= 11 is 0. The van der Waals surface area contributed by atoms with E-state index in [1.807, 2.05) is 24.1 Å². The summed E-state index contributed by atoms with van der Waals surface area (Å²) in [6.45, 7) is 3.56. The van der Waals surface area contributed by atoms with E-state index in [0.29, 0.717) is 31.2 Å². The lowest BCUT2D eigenvalue weighted by molar-refractivity contribution is -0.126. The number of ether oxygens (including phenoxy) is 1. The van der Waals surface area contributed by atoms with E-state index in [-0.39, 0.29) is 5.91 Å².